The van der Waals surface area contributed by atoms with Crippen molar-refractivity contribution in [3.05, 3.63) is 64.5 Å². The third-order valence-corrected chi connectivity index (χ3v) is 4.19. The Labute approximate surface area is 133 Å². The van der Waals surface area contributed by atoms with Crippen LogP contribution in [0.15, 0.2) is 36.4 Å². The Hall–Kier alpha value is -2.69. The molecule has 23 heavy (non-hydrogen) atoms. The van der Waals surface area contributed by atoms with E-state index < -0.39 is 11.7 Å². The Morgan fingerprint density at radius 1 is 1.17 bits per heavy atom. The summed E-state index contributed by atoms with van der Waals surface area (Å²) in [6, 6.07) is 9.36. The summed E-state index contributed by atoms with van der Waals surface area (Å²) < 4.78 is 13.5. The van der Waals surface area contributed by atoms with E-state index in [1.165, 1.54) is 12.1 Å². The second kappa shape index (κ2) is 5.83. The number of carbonyl (C=O) groups excluding carboxylic acids is 2. The van der Waals surface area contributed by atoms with Crippen molar-refractivity contribution in [1.82, 2.24) is 0 Å². The van der Waals surface area contributed by atoms with Crippen molar-refractivity contribution in [1.29, 1.82) is 0 Å². The number of fused-ring (bicyclic) bond motifs is 1. The molecule has 0 saturated heterocycles. The van der Waals surface area contributed by atoms with Crippen LogP contribution in [0.2, 0.25) is 0 Å². The number of primary amides is 1. The molecule has 0 fully saturated rings. The van der Waals surface area contributed by atoms with Gasteiger partial charge in [-0.05, 0) is 55.2 Å². The summed E-state index contributed by atoms with van der Waals surface area (Å²) >= 11 is 0. The number of aryl methyl sites for hydroxylation is 1. The van der Waals surface area contributed by atoms with E-state index in [0.717, 1.165) is 17.5 Å². The lowest BCUT2D eigenvalue weighted by molar-refractivity contribution is 0.0976. The van der Waals surface area contributed by atoms with Crippen LogP contribution in [0.1, 0.15) is 38.3 Å². The van der Waals surface area contributed by atoms with Crippen molar-refractivity contribution in [2.24, 2.45) is 5.73 Å². The van der Waals surface area contributed by atoms with Crippen molar-refractivity contribution in [3.8, 4) is 0 Å². The minimum atomic E-state index is -0.502. The van der Waals surface area contributed by atoms with Gasteiger partial charge in [0, 0.05) is 23.4 Å². The summed E-state index contributed by atoms with van der Waals surface area (Å²) in [7, 11) is 0. The maximum atomic E-state index is 13.5. The lowest BCUT2D eigenvalue weighted by Gasteiger charge is -2.31. The van der Waals surface area contributed by atoms with Crippen LogP contribution in [-0.4, -0.2) is 18.4 Å². The lowest BCUT2D eigenvalue weighted by Crippen LogP contribution is -2.36. The monoisotopic (exact) mass is 312 g/mol. The standard InChI is InChI=1S/C18H17FN2O2/c1-11-7-8-12(19)10-15(11)18(23)21-9-3-5-13-14(17(20)22)4-2-6-16(13)21/h2,4,6-8,10H,3,5,9H2,1H3,(H2,20,22). The molecule has 2 amide bonds. The number of hydrogen-bond donors (Lipinski definition) is 1. The fourth-order valence-corrected chi connectivity index (χ4v) is 3.04. The fraction of sp³-hybridized carbons (Fsp3) is 0.222. The predicted molar refractivity (Wildman–Crippen MR) is 86.1 cm³/mol. The van der Waals surface area contributed by atoms with Gasteiger partial charge in [0.05, 0.1) is 0 Å². The molecule has 0 unspecified atom stereocenters. The van der Waals surface area contributed by atoms with Gasteiger partial charge in [0.2, 0.25) is 5.91 Å². The number of nitrogens with two attached hydrogens (primary N) is 1. The third-order valence-electron chi connectivity index (χ3n) is 4.19. The van der Waals surface area contributed by atoms with Gasteiger partial charge in [0.1, 0.15) is 5.82 Å². The molecule has 0 spiro atoms. The molecule has 0 saturated carbocycles. The SMILES string of the molecule is Cc1ccc(F)cc1C(=O)N1CCCc2c(C(N)=O)cccc21. The van der Waals surface area contributed by atoms with Crippen LogP contribution in [0.25, 0.3) is 0 Å². The Kier molecular flexibility index (Phi) is 3.86. The number of halogens is 1. The van der Waals surface area contributed by atoms with Crippen molar-refractivity contribution >= 4 is 17.5 Å². The molecule has 1 heterocycles. The molecule has 2 aromatic carbocycles. The van der Waals surface area contributed by atoms with E-state index in [1.807, 2.05) is 0 Å². The molecular formula is C18H17FN2O2. The smallest absolute Gasteiger partial charge is 0.258 e. The van der Waals surface area contributed by atoms with E-state index in [0.29, 0.717) is 29.8 Å². The highest BCUT2D eigenvalue weighted by atomic mass is 19.1. The summed E-state index contributed by atoms with van der Waals surface area (Å²) in [5.74, 6) is -1.20. The molecule has 0 aromatic heterocycles. The van der Waals surface area contributed by atoms with Gasteiger partial charge in [-0.3, -0.25) is 9.59 Å². The van der Waals surface area contributed by atoms with E-state index >= 15 is 0 Å². The minimum Gasteiger partial charge on any atom is -0.366 e. The molecule has 0 bridgehead atoms. The zero-order valence-electron chi connectivity index (χ0n) is 12.8. The average molecular weight is 312 g/mol. The molecule has 1 aliphatic heterocycles. The van der Waals surface area contributed by atoms with Gasteiger partial charge in [0.15, 0.2) is 0 Å². The molecule has 5 heteroatoms. The summed E-state index contributed by atoms with van der Waals surface area (Å²) in [6.07, 6.45) is 1.43. The van der Waals surface area contributed by atoms with Gasteiger partial charge in [-0.25, -0.2) is 4.39 Å². The van der Waals surface area contributed by atoms with Crippen molar-refractivity contribution in [2.75, 3.05) is 11.4 Å². The first-order valence-electron chi connectivity index (χ1n) is 7.48. The Bertz CT molecular complexity index is 802. The van der Waals surface area contributed by atoms with Gasteiger partial charge >= 0.3 is 0 Å². The zero-order valence-corrected chi connectivity index (χ0v) is 12.8. The van der Waals surface area contributed by atoms with Crippen LogP contribution in [0.3, 0.4) is 0 Å². The highest BCUT2D eigenvalue weighted by Crippen LogP contribution is 2.31. The molecule has 1 aliphatic rings. The van der Waals surface area contributed by atoms with Crippen LogP contribution < -0.4 is 10.6 Å². The largest absolute Gasteiger partial charge is 0.366 e. The van der Waals surface area contributed by atoms with Gasteiger partial charge < -0.3 is 10.6 Å². The maximum Gasteiger partial charge on any atom is 0.258 e. The van der Waals surface area contributed by atoms with E-state index in [1.54, 1.807) is 36.1 Å². The fourth-order valence-electron chi connectivity index (χ4n) is 3.04. The van der Waals surface area contributed by atoms with Gasteiger partial charge in [0.25, 0.3) is 5.91 Å². The highest BCUT2D eigenvalue weighted by molar-refractivity contribution is 6.08. The summed E-state index contributed by atoms with van der Waals surface area (Å²) in [6.45, 7) is 2.31. The number of carbonyl (C=O) groups is 2. The number of rotatable bonds is 2. The van der Waals surface area contributed by atoms with Crippen molar-refractivity contribution < 1.29 is 14.0 Å². The van der Waals surface area contributed by atoms with E-state index in [-0.39, 0.29) is 5.91 Å². The quantitative estimate of drug-likeness (QED) is 0.927. The Balaban J connectivity index is 2.07. The lowest BCUT2D eigenvalue weighted by atomic mass is 9.95. The second-order valence-electron chi connectivity index (χ2n) is 5.69. The molecule has 0 radical (unpaired) electrons. The Morgan fingerprint density at radius 2 is 1.96 bits per heavy atom. The molecule has 2 aromatic rings. The maximum absolute atomic E-state index is 13.5. The number of anilines is 1. The predicted octanol–water partition coefficient (Wildman–Crippen LogP) is 2.83. The molecule has 4 nitrogen and oxygen atoms in total. The van der Waals surface area contributed by atoms with Gasteiger partial charge in [-0.1, -0.05) is 12.1 Å². The topological polar surface area (TPSA) is 63.4 Å². The minimum absolute atomic E-state index is 0.260. The first kappa shape index (κ1) is 15.2. The third kappa shape index (κ3) is 2.70. The number of nitrogens with zero attached hydrogens (tertiary/aromatic N) is 1. The first-order valence-corrected chi connectivity index (χ1v) is 7.48. The normalized spacial score (nSPS) is 13.6. The number of amides is 2. The molecule has 0 atom stereocenters. The molecule has 0 aliphatic carbocycles. The zero-order chi connectivity index (χ0) is 16.6. The Morgan fingerprint density at radius 3 is 2.70 bits per heavy atom. The van der Waals surface area contributed by atoms with Gasteiger partial charge in [-0.15, -0.1) is 0 Å². The van der Waals surface area contributed by atoms with E-state index in [4.69, 9.17) is 5.73 Å². The summed E-state index contributed by atoms with van der Waals surface area (Å²) in [5.41, 5.74) is 8.38. The van der Waals surface area contributed by atoms with Crippen LogP contribution in [0.5, 0.6) is 0 Å². The van der Waals surface area contributed by atoms with Crippen LogP contribution in [0.4, 0.5) is 10.1 Å². The van der Waals surface area contributed by atoms with Crippen molar-refractivity contribution in [2.45, 2.75) is 19.8 Å². The van der Waals surface area contributed by atoms with Crippen LogP contribution in [-0.2, 0) is 6.42 Å². The summed E-state index contributed by atoms with van der Waals surface area (Å²) in [4.78, 5) is 26.1. The molecule has 3 rings (SSSR count). The average Bonchev–Trinajstić information content (AvgIpc) is 2.55. The number of benzene rings is 2. The van der Waals surface area contributed by atoms with Crippen molar-refractivity contribution in [3.63, 3.8) is 0 Å². The van der Waals surface area contributed by atoms with Crippen LogP contribution >= 0.6 is 0 Å². The molecule has 2 N–H and O–H groups in total. The van der Waals surface area contributed by atoms with E-state index in [2.05, 4.69) is 0 Å². The number of hydrogen-bond acceptors (Lipinski definition) is 2. The van der Waals surface area contributed by atoms with Gasteiger partial charge in [-0.2, -0.15) is 0 Å². The second-order valence-corrected chi connectivity index (χ2v) is 5.69. The molecule has 118 valence electrons. The van der Waals surface area contributed by atoms with E-state index in [9.17, 15) is 14.0 Å². The summed E-state index contributed by atoms with van der Waals surface area (Å²) in [5, 5.41) is 0. The first-order chi connectivity index (χ1) is 11.0. The highest BCUT2D eigenvalue weighted by Gasteiger charge is 2.27. The molecular weight excluding hydrogens is 295 g/mol. The van der Waals surface area contributed by atoms with Crippen LogP contribution in [0, 0.1) is 12.7 Å².